The van der Waals surface area contributed by atoms with Gasteiger partial charge in [-0.05, 0) is 127 Å². The Balaban J connectivity index is 1.07. The molecule has 2 atom stereocenters. The molecule has 2 heterocycles. The summed E-state index contributed by atoms with van der Waals surface area (Å²) in [7, 11) is 0. The van der Waals surface area contributed by atoms with E-state index in [1.807, 2.05) is 22.7 Å². The SMILES string of the molecule is CC(c1ccc2c(c1)C(c1ccccc1)(c1ccccc1)c1cc(-c3ccc4sc5ccccc5c4c3)c3ccccc3c1-2)C(Cc1ccccc1)c1cccc2sc3ccccc3c12. The summed E-state index contributed by atoms with van der Waals surface area (Å²) >= 11 is 3.79. The smallest absolute Gasteiger partial charge is 0.0714 e. The number of thiophene rings is 2. The van der Waals surface area contributed by atoms with Gasteiger partial charge in [0.05, 0.1) is 5.41 Å². The minimum Gasteiger partial charge on any atom is -0.135 e. The van der Waals surface area contributed by atoms with Crippen molar-refractivity contribution in [2.75, 3.05) is 0 Å². The number of hydrogen-bond donors (Lipinski definition) is 0. The largest absolute Gasteiger partial charge is 0.135 e. The van der Waals surface area contributed by atoms with Gasteiger partial charge in [-0.15, -0.1) is 22.7 Å². The Bertz CT molecular complexity index is 3720. The Labute approximate surface area is 387 Å². The fraction of sp³-hybridized carbons (Fsp3) is 0.0794. The maximum atomic E-state index is 2.61. The molecule has 10 aromatic carbocycles. The van der Waals surface area contributed by atoms with Gasteiger partial charge in [0.25, 0.3) is 0 Å². The van der Waals surface area contributed by atoms with Crippen LogP contribution in [0.15, 0.2) is 224 Å². The molecule has 0 amide bonds. The molecule has 0 spiro atoms. The van der Waals surface area contributed by atoms with E-state index in [0.717, 1.165) is 6.42 Å². The molecule has 65 heavy (non-hydrogen) atoms. The van der Waals surface area contributed by atoms with E-state index in [4.69, 9.17) is 0 Å². The lowest BCUT2D eigenvalue weighted by molar-refractivity contribution is 0.575. The molecule has 0 N–H and O–H groups in total. The van der Waals surface area contributed by atoms with Crippen LogP contribution in [-0.4, -0.2) is 0 Å². The molecule has 308 valence electrons. The van der Waals surface area contributed by atoms with Gasteiger partial charge in [0.1, 0.15) is 0 Å². The van der Waals surface area contributed by atoms with Gasteiger partial charge in [-0.1, -0.05) is 195 Å². The summed E-state index contributed by atoms with van der Waals surface area (Å²) in [4.78, 5) is 0. The van der Waals surface area contributed by atoms with Gasteiger partial charge >= 0.3 is 0 Å². The number of fused-ring (bicyclic) bond motifs is 11. The van der Waals surface area contributed by atoms with Gasteiger partial charge in [-0.3, -0.25) is 0 Å². The highest BCUT2D eigenvalue weighted by atomic mass is 32.1. The van der Waals surface area contributed by atoms with Crippen molar-refractivity contribution >= 4 is 73.8 Å². The molecule has 0 bridgehead atoms. The predicted octanol–water partition coefficient (Wildman–Crippen LogP) is 17.7. The third kappa shape index (κ3) is 5.94. The second-order valence-corrected chi connectivity index (χ2v) is 20.1. The van der Waals surface area contributed by atoms with Crippen molar-refractivity contribution in [1.29, 1.82) is 0 Å². The van der Waals surface area contributed by atoms with E-state index in [0.29, 0.717) is 0 Å². The lowest BCUT2D eigenvalue weighted by Gasteiger charge is -2.35. The molecule has 2 unspecified atom stereocenters. The number of hydrogen-bond acceptors (Lipinski definition) is 2. The third-order valence-corrected chi connectivity index (χ3v) is 16.8. The molecule has 0 saturated carbocycles. The van der Waals surface area contributed by atoms with Crippen LogP contribution in [0.5, 0.6) is 0 Å². The zero-order chi connectivity index (χ0) is 43.1. The molecule has 1 aliphatic carbocycles. The van der Waals surface area contributed by atoms with Crippen molar-refractivity contribution in [3.8, 4) is 22.3 Å². The van der Waals surface area contributed by atoms with E-state index in [2.05, 4.69) is 231 Å². The van der Waals surface area contributed by atoms with Crippen LogP contribution >= 0.6 is 22.7 Å². The van der Waals surface area contributed by atoms with Gasteiger partial charge in [0.15, 0.2) is 0 Å². The molecule has 2 aromatic heterocycles. The fourth-order valence-electron chi connectivity index (χ4n) is 11.5. The molecule has 0 radical (unpaired) electrons. The lowest BCUT2D eigenvalue weighted by atomic mass is 9.66. The summed E-state index contributed by atoms with van der Waals surface area (Å²) in [6.45, 7) is 2.48. The first kappa shape index (κ1) is 38.4. The molecule has 1 aliphatic rings. The highest BCUT2D eigenvalue weighted by Gasteiger charge is 2.47. The second kappa shape index (κ2) is 15.3. The molecule has 0 fully saturated rings. The Kier molecular flexibility index (Phi) is 9.01. The minimum atomic E-state index is -0.570. The number of rotatable bonds is 8. The summed E-state index contributed by atoms with van der Waals surface area (Å²) < 4.78 is 5.37. The van der Waals surface area contributed by atoms with Crippen molar-refractivity contribution in [3.63, 3.8) is 0 Å². The van der Waals surface area contributed by atoms with Crippen LogP contribution in [0.3, 0.4) is 0 Å². The monoisotopic (exact) mass is 864 g/mol. The highest BCUT2D eigenvalue weighted by molar-refractivity contribution is 7.26. The summed E-state index contributed by atoms with van der Waals surface area (Å²) in [5.74, 6) is 0.441. The van der Waals surface area contributed by atoms with Gasteiger partial charge in [-0.2, -0.15) is 0 Å². The van der Waals surface area contributed by atoms with E-state index >= 15 is 0 Å². The Morgan fingerprint density at radius 2 is 1.00 bits per heavy atom. The molecule has 2 heteroatoms. The first-order valence-corrected chi connectivity index (χ1v) is 24.5. The average molecular weight is 865 g/mol. The molecule has 0 saturated heterocycles. The van der Waals surface area contributed by atoms with Crippen LogP contribution in [0, 0.1) is 0 Å². The van der Waals surface area contributed by atoms with Crippen LogP contribution in [0.25, 0.3) is 73.4 Å². The first-order chi connectivity index (χ1) is 32.1. The van der Waals surface area contributed by atoms with Gasteiger partial charge in [0.2, 0.25) is 0 Å². The van der Waals surface area contributed by atoms with Crippen LogP contribution in [0.1, 0.15) is 57.7 Å². The second-order valence-electron chi connectivity index (χ2n) is 17.9. The molecular formula is C63H44S2. The molecular weight excluding hydrogens is 821 g/mol. The van der Waals surface area contributed by atoms with E-state index in [1.165, 1.54) is 112 Å². The van der Waals surface area contributed by atoms with Crippen molar-refractivity contribution in [3.05, 3.63) is 263 Å². The van der Waals surface area contributed by atoms with Gasteiger partial charge < -0.3 is 0 Å². The third-order valence-electron chi connectivity index (χ3n) is 14.5. The average Bonchev–Trinajstić information content (AvgIpc) is 4.04. The highest BCUT2D eigenvalue weighted by Crippen LogP contribution is 2.60. The van der Waals surface area contributed by atoms with Crippen molar-refractivity contribution in [1.82, 2.24) is 0 Å². The summed E-state index contributed by atoms with van der Waals surface area (Å²) in [5.41, 5.74) is 14.0. The summed E-state index contributed by atoms with van der Waals surface area (Å²) in [5, 5.41) is 7.99. The molecule has 0 nitrogen and oxygen atoms in total. The van der Waals surface area contributed by atoms with Crippen LogP contribution in [0.2, 0.25) is 0 Å². The topological polar surface area (TPSA) is 0 Å². The van der Waals surface area contributed by atoms with Crippen LogP contribution in [-0.2, 0) is 11.8 Å². The van der Waals surface area contributed by atoms with Crippen LogP contribution < -0.4 is 0 Å². The van der Waals surface area contributed by atoms with E-state index in [9.17, 15) is 0 Å². The number of benzene rings is 10. The van der Waals surface area contributed by atoms with E-state index in [-0.39, 0.29) is 11.8 Å². The van der Waals surface area contributed by atoms with Crippen molar-refractivity contribution in [2.45, 2.75) is 30.6 Å². The zero-order valence-electron chi connectivity index (χ0n) is 36.0. The maximum Gasteiger partial charge on any atom is 0.0714 e. The van der Waals surface area contributed by atoms with E-state index in [1.54, 1.807) is 0 Å². The van der Waals surface area contributed by atoms with Crippen molar-refractivity contribution in [2.24, 2.45) is 0 Å². The first-order valence-electron chi connectivity index (χ1n) is 22.8. The zero-order valence-corrected chi connectivity index (χ0v) is 37.7. The Hall–Kier alpha value is -7.10. The Morgan fingerprint density at radius 3 is 1.74 bits per heavy atom. The van der Waals surface area contributed by atoms with Gasteiger partial charge in [-0.25, -0.2) is 0 Å². The van der Waals surface area contributed by atoms with E-state index < -0.39 is 5.41 Å². The maximum absolute atomic E-state index is 2.61. The minimum absolute atomic E-state index is 0.206. The predicted molar refractivity (Wildman–Crippen MR) is 280 cm³/mol. The quantitative estimate of drug-likeness (QED) is 0.143. The molecule has 12 aromatic rings. The van der Waals surface area contributed by atoms with Gasteiger partial charge in [0, 0.05) is 40.3 Å². The molecule has 0 aliphatic heterocycles. The van der Waals surface area contributed by atoms with Crippen LogP contribution in [0.4, 0.5) is 0 Å². The normalized spacial score (nSPS) is 14.0. The summed E-state index contributed by atoms with van der Waals surface area (Å²) in [6, 6.07) is 85.0. The Morgan fingerprint density at radius 1 is 0.415 bits per heavy atom. The molecule has 13 rings (SSSR count). The van der Waals surface area contributed by atoms with Crippen molar-refractivity contribution < 1.29 is 0 Å². The fourth-order valence-corrected chi connectivity index (χ4v) is 13.8. The summed E-state index contributed by atoms with van der Waals surface area (Å²) in [6.07, 6.45) is 0.947. The lowest BCUT2D eigenvalue weighted by Crippen LogP contribution is -2.29. The standard InChI is InChI=1S/C63H44S2/c1-40(52(36-41-18-5-2-6-19-41)49-28-17-31-60-62(49)51-27-14-16-30-58(51)65-60)42-32-34-50-55(38-42)63(44-20-7-3-8-21-44,45-22-9-4-10-23-45)56-39-53(46-24-11-12-26-48(46)61(50)56)43-33-35-59-54(37-43)47-25-13-15-29-57(47)64-59/h2-35,37-40,52H,36H2,1H3.